The van der Waals surface area contributed by atoms with Gasteiger partial charge in [0.25, 0.3) is 0 Å². The van der Waals surface area contributed by atoms with E-state index in [-0.39, 0.29) is 18.4 Å². The third-order valence-electron chi connectivity index (χ3n) is 5.01. The van der Waals surface area contributed by atoms with Crippen molar-refractivity contribution in [1.82, 2.24) is 0 Å². The molecule has 0 radical (unpaired) electrons. The van der Waals surface area contributed by atoms with E-state index < -0.39 is 0 Å². The zero-order valence-electron chi connectivity index (χ0n) is 18.9. The highest BCUT2D eigenvalue weighted by molar-refractivity contribution is 5.69. The highest BCUT2D eigenvalue weighted by Gasteiger charge is 2.09. The van der Waals surface area contributed by atoms with Gasteiger partial charge in [0.15, 0.2) is 0 Å². The molecule has 0 saturated heterocycles. The summed E-state index contributed by atoms with van der Waals surface area (Å²) in [5, 5.41) is 0. The highest BCUT2D eigenvalue weighted by Crippen LogP contribution is 2.13. The van der Waals surface area contributed by atoms with E-state index in [0.29, 0.717) is 13.0 Å². The van der Waals surface area contributed by atoms with Crippen molar-refractivity contribution >= 4 is 5.97 Å². The second kappa shape index (κ2) is 20.5. The lowest BCUT2D eigenvalue weighted by atomic mass is 10.0. The molecule has 0 spiro atoms. The zero-order valence-corrected chi connectivity index (χ0v) is 19.6. The maximum absolute atomic E-state index is 11.6. The SMILES string of the molecule is CCCCCCCCCCCCCCCCCC(=O)OCC[N+](C)(C)C.[Cl-]. The fourth-order valence-electron chi connectivity index (χ4n) is 3.15. The molecule has 0 fully saturated rings. The number of unbranched alkanes of at least 4 members (excludes halogenated alkanes) is 14. The van der Waals surface area contributed by atoms with Crippen molar-refractivity contribution < 1.29 is 26.4 Å². The topological polar surface area (TPSA) is 26.3 Å². The molecule has 0 heterocycles. The standard InChI is InChI=1S/C23H48NO2.ClH/c1-5-6-7-8-9-10-11-12-13-14-15-16-17-18-19-20-23(25)26-22-21-24(2,3)4;/h5-22H2,1-4H3;1H/q+1;/p-1. The molecule has 0 amide bonds. The summed E-state index contributed by atoms with van der Waals surface area (Å²) < 4.78 is 6.12. The van der Waals surface area contributed by atoms with Crippen LogP contribution in [-0.2, 0) is 9.53 Å². The Bertz CT molecular complexity index is 316. The van der Waals surface area contributed by atoms with Crippen molar-refractivity contribution in [2.75, 3.05) is 34.3 Å². The van der Waals surface area contributed by atoms with Crippen molar-refractivity contribution in [3.63, 3.8) is 0 Å². The number of quaternary nitrogens is 1. The summed E-state index contributed by atoms with van der Waals surface area (Å²) in [5.41, 5.74) is 0. The fraction of sp³-hybridized carbons (Fsp3) is 0.957. The van der Waals surface area contributed by atoms with Crippen molar-refractivity contribution in [3.8, 4) is 0 Å². The van der Waals surface area contributed by atoms with E-state index in [1.165, 1.54) is 89.9 Å². The molecule has 0 unspecified atom stereocenters. The Morgan fingerprint density at radius 2 is 1.04 bits per heavy atom. The predicted octanol–water partition coefficient (Wildman–Crippen LogP) is 3.50. The van der Waals surface area contributed by atoms with Gasteiger partial charge in [0.05, 0.1) is 21.1 Å². The maximum atomic E-state index is 11.6. The van der Waals surface area contributed by atoms with E-state index >= 15 is 0 Å². The van der Waals surface area contributed by atoms with Gasteiger partial charge < -0.3 is 21.6 Å². The molecule has 0 aliphatic rings. The molecule has 0 aliphatic heterocycles. The van der Waals surface area contributed by atoms with Gasteiger partial charge in [-0.15, -0.1) is 0 Å². The summed E-state index contributed by atoms with van der Waals surface area (Å²) in [6, 6.07) is 0. The van der Waals surface area contributed by atoms with Crippen LogP contribution < -0.4 is 12.4 Å². The first-order valence-electron chi connectivity index (χ1n) is 11.4. The minimum Gasteiger partial charge on any atom is -1.00 e. The van der Waals surface area contributed by atoms with E-state index in [1.807, 2.05) is 0 Å². The number of rotatable bonds is 19. The van der Waals surface area contributed by atoms with E-state index in [1.54, 1.807) is 0 Å². The summed E-state index contributed by atoms with van der Waals surface area (Å²) in [4.78, 5) is 11.6. The van der Waals surface area contributed by atoms with Crippen LogP contribution >= 0.6 is 0 Å². The maximum Gasteiger partial charge on any atom is 0.305 e. The minimum atomic E-state index is -0.0202. The van der Waals surface area contributed by atoms with Gasteiger partial charge in [0.2, 0.25) is 0 Å². The molecule has 0 aliphatic carbocycles. The Balaban J connectivity index is 0. The Labute approximate surface area is 176 Å². The number of likely N-dealkylation sites (N-methyl/N-ethyl adjacent to an activating group) is 1. The first kappa shape index (κ1) is 28.9. The van der Waals surface area contributed by atoms with E-state index in [0.717, 1.165) is 17.4 Å². The fourth-order valence-corrected chi connectivity index (χ4v) is 3.15. The third kappa shape index (κ3) is 25.7. The highest BCUT2D eigenvalue weighted by atomic mass is 35.5. The van der Waals surface area contributed by atoms with Crippen molar-refractivity contribution in [3.05, 3.63) is 0 Å². The van der Waals surface area contributed by atoms with Crippen LogP contribution in [-0.4, -0.2) is 44.7 Å². The number of hydrogen-bond acceptors (Lipinski definition) is 2. The summed E-state index contributed by atoms with van der Waals surface area (Å²) >= 11 is 0. The lowest BCUT2D eigenvalue weighted by molar-refractivity contribution is -0.870. The molecule has 3 nitrogen and oxygen atoms in total. The summed E-state index contributed by atoms with van der Waals surface area (Å²) in [6.45, 7) is 3.70. The smallest absolute Gasteiger partial charge is 0.305 e. The molecule has 0 saturated carbocycles. The first-order chi connectivity index (χ1) is 12.5. The zero-order chi connectivity index (χ0) is 19.5. The average Bonchev–Trinajstić information content (AvgIpc) is 2.57. The number of esters is 1. The van der Waals surface area contributed by atoms with Gasteiger partial charge in [-0.3, -0.25) is 4.79 Å². The van der Waals surface area contributed by atoms with Crippen LogP contribution in [0.4, 0.5) is 0 Å². The van der Waals surface area contributed by atoms with Crippen LogP contribution in [0.5, 0.6) is 0 Å². The molecule has 0 aromatic rings. The quantitative estimate of drug-likeness (QED) is 0.187. The number of carbonyl (C=O) groups is 1. The number of hydrogen-bond donors (Lipinski definition) is 0. The van der Waals surface area contributed by atoms with Crippen molar-refractivity contribution in [2.45, 2.75) is 110 Å². The summed E-state index contributed by atoms with van der Waals surface area (Å²) in [7, 11) is 6.34. The average molecular weight is 406 g/mol. The van der Waals surface area contributed by atoms with Crippen molar-refractivity contribution in [2.24, 2.45) is 0 Å². The second-order valence-corrected chi connectivity index (χ2v) is 8.93. The van der Waals surface area contributed by atoms with Gasteiger partial charge in [-0.2, -0.15) is 0 Å². The van der Waals surface area contributed by atoms with Crippen molar-refractivity contribution in [1.29, 1.82) is 0 Å². The van der Waals surface area contributed by atoms with Gasteiger partial charge in [-0.1, -0.05) is 96.8 Å². The minimum absolute atomic E-state index is 0. The molecule has 4 heteroatoms. The number of nitrogens with zero attached hydrogens (tertiary/aromatic N) is 1. The molecule has 0 aromatic carbocycles. The van der Waals surface area contributed by atoms with Crippen LogP contribution in [0.3, 0.4) is 0 Å². The Morgan fingerprint density at radius 3 is 1.41 bits per heavy atom. The largest absolute Gasteiger partial charge is 1.00 e. The van der Waals surface area contributed by atoms with Crippen LogP contribution in [0.2, 0.25) is 0 Å². The predicted molar refractivity (Wildman–Crippen MR) is 113 cm³/mol. The van der Waals surface area contributed by atoms with E-state index in [9.17, 15) is 4.79 Å². The Morgan fingerprint density at radius 1 is 0.667 bits per heavy atom. The number of ether oxygens (including phenoxy) is 1. The lowest BCUT2D eigenvalue weighted by Crippen LogP contribution is -3.00. The van der Waals surface area contributed by atoms with E-state index in [2.05, 4.69) is 28.1 Å². The molecular formula is C23H48ClNO2. The normalized spacial score (nSPS) is 11.3. The van der Waals surface area contributed by atoms with Gasteiger partial charge >= 0.3 is 5.97 Å². The number of halogens is 1. The molecule has 27 heavy (non-hydrogen) atoms. The van der Waals surface area contributed by atoms with E-state index in [4.69, 9.17) is 4.74 Å². The van der Waals surface area contributed by atoms with Crippen LogP contribution in [0, 0.1) is 0 Å². The lowest BCUT2D eigenvalue weighted by Gasteiger charge is -2.23. The Hall–Kier alpha value is -0.280. The molecule has 0 N–H and O–H groups in total. The van der Waals surface area contributed by atoms with Crippen LogP contribution in [0.15, 0.2) is 0 Å². The van der Waals surface area contributed by atoms with Gasteiger partial charge in [-0.25, -0.2) is 0 Å². The first-order valence-corrected chi connectivity index (χ1v) is 11.4. The second-order valence-electron chi connectivity index (χ2n) is 8.93. The Kier molecular flexibility index (Phi) is 21.9. The van der Waals surface area contributed by atoms with Crippen LogP contribution in [0.1, 0.15) is 110 Å². The molecule has 164 valence electrons. The van der Waals surface area contributed by atoms with Gasteiger partial charge in [0, 0.05) is 6.42 Å². The van der Waals surface area contributed by atoms with Gasteiger partial charge in [0.1, 0.15) is 13.2 Å². The molecular weight excluding hydrogens is 358 g/mol. The number of carbonyl (C=O) groups excluding carboxylic acids is 1. The third-order valence-corrected chi connectivity index (χ3v) is 5.01. The molecule has 0 atom stereocenters. The molecule has 0 bridgehead atoms. The van der Waals surface area contributed by atoms with Gasteiger partial charge in [-0.05, 0) is 6.42 Å². The summed E-state index contributed by atoms with van der Waals surface area (Å²) in [6.07, 6.45) is 20.9. The monoisotopic (exact) mass is 405 g/mol. The van der Waals surface area contributed by atoms with Crippen LogP contribution in [0.25, 0.3) is 0 Å². The molecule has 0 rings (SSSR count). The molecule has 0 aromatic heterocycles. The summed E-state index contributed by atoms with van der Waals surface area (Å²) in [5.74, 6) is -0.0202.